The summed E-state index contributed by atoms with van der Waals surface area (Å²) in [4.78, 5) is 26.7. The molecule has 6 heteroatoms. The molecule has 6 nitrogen and oxygen atoms in total. The van der Waals surface area contributed by atoms with Gasteiger partial charge in [0, 0.05) is 6.42 Å². The normalized spacial score (nSPS) is 20.4. The third-order valence-corrected chi connectivity index (χ3v) is 3.90. The Labute approximate surface area is 161 Å². The molecule has 1 aliphatic heterocycles. The maximum Gasteiger partial charge on any atom is 0.410 e. The van der Waals surface area contributed by atoms with E-state index in [1.165, 1.54) is 4.90 Å². The van der Waals surface area contributed by atoms with E-state index < -0.39 is 23.7 Å². The predicted octanol–water partition coefficient (Wildman–Crippen LogP) is 3.92. The minimum atomic E-state index is -0.708. The summed E-state index contributed by atoms with van der Waals surface area (Å²) >= 11 is 0. The van der Waals surface area contributed by atoms with Gasteiger partial charge in [0.1, 0.15) is 18.2 Å². The van der Waals surface area contributed by atoms with Crippen LogP contribution < -0.4 is 0 Å². The van der Waals surface area contributed by atoms with Crippen molar-refractivity contribution in [1.82, 2.24) is 4.90 Å². The molecule has 1 aliphatic rings. The summed E-state index contributed by atoms with van der Waals surface area (Å²) in [6.45, 7) is 11.7. The zero-order valence-corrected chi connectivity index (χ0v) is 17.2. The highest BCUT2D eigenvalue weighted by atomic mass is 16.6. The molecule has 150 valence electrons. The Kier molecular flexibility index (Phi) is 6.52. The summed E-state index contributed by atoms with van der Waals surface area (Å²) < 4.78 is 16.9. The minimum Gasteiger partial charge on any atom is -0.458 e. The molecule has 0 unspecified atom stereocenters. The molecule has 0 N–H and O–H groups in total. The molecule has 1 amide bonds. The van der Waals surface area contributed by atoms with Gasteiger partial charge >= 0.3 is 12.1 Å². The molecule has 0 aromatic heterocycles. The Morgan fingerprint density at radius 3 is 2.22 bits per heavy atom. The first-order chi connectivity index (χ1) is 12.4. The molecule has 1 heterocycles. The molecule has 1 aromatic rings. The number of esters is 1. The van der Waals surface area contributed by atoms with E-state index in [0.717, 1.165) is 5.56 Å². The number of hydrogen-bond donors (Lipinski definition) is 0. The number of likely N-dealkylation sites (tertiary alicyclic amines) is 1. The summed E-state index contributed by atoms with van der Waals surface area (Å²) in [5.41, 5.74) is -0.103. The molecule has 0 bridgehead atoms. The van der Waals surface area contributed by atoms with Crippen LogP contribution >= 0.6 is 0 Å². The summed E-state index contributed by atoms with van der Waals surface area (Å²) in [7, 11) is 0. The molecular weight excluding hydrogens is 346 g/mol. The fraction of sp³-hybridized carbons (Fsp3) is 0.619. The van der Waals surface area contributed by atoms with Crippen LogP contribution in [-0.4, -0.2) is 46.9 Å². The van der Waals surface area contributed by atoms with E-state index in [1.807, 2.05) is 51.1 Å². The zero-order valence-electron chi connectivity index (χ0n) is 17.2. The average molecular weight is 377 g/mol. The summed E-state index contributed by atoms with van der Waals surface area (Å²) in [6.07, 6.45) is -0.381. The second kappa shape index (κ2) is 8.30. The molecule has 0 saturated carbocycles. The number of carbonyl (C=O) groups is 2. The van der Waals surface area contributed by atoms with Gasteiger partial charge in [0.15, 0.2) is 0 Å². The minimum absolute atomic E-state index is 0.155. The van der Waals surface area contributed by atoms with Gasteiger partial charge in [-0.1, -0.05) is 30.3 Å². The Hall–Kier alpha value is -2.08. The lowest BCUT2D eigenvalue weighted by molar-refractivity contribution is -0.160. The van der Waals surface area contributed by atoms with Crippen molar-refractivity contribution in [3.05, 3.63) is 35.9 Å². The zero-order chi connectivity index (χ0) is 20.2. The number of ether oxygens (including phenoxy) is 3. The maximum absolute atomic E-state index is 12.7. The first-order valence-electron chi connectivity index (χ1n) is 9.32. The molecule has 1 saturated heterocycles. The first kappa shape index (κ1) is 21.2. The van der Waals surface area contributed by atoms with Crippen LogP contribution in [0.2, 0.25) is 0 Å². The summed E-state index contributed by atoms with van der Waals surface area (Å²) in [5, 5.41) is 0. The Morgan fingerprint density at radius 2 is 1.67 bits per heavy atom. The topological polar surface area (TPSA) is 65.1 Å². The second-order valence-corrected chi connectivity index (χ2v) is 8.83. The highest BCUT2D eigenvalue weighted by molar-refractivity contribution is 5.82. The van der Waals surface area contributed by atoms with E-state index in [9.17, 15) is 9.59 Å². The van der Waals surface area contributed by atoms with E-state index in [2.05, 4.69) is 0 Å². The Balaban J connectivity index is 2.07. The van der Waals surface area contributed by atoms with E-state index in [1.54, 1.807) is 20.8 Å². The van der Waals surface area contributed by atoms with Gasteiger partial charge in [0.05, 0.1) is 18.2 Å². The fourth-order valence-corrected chi connectivity index (χ4v) is 2.98. The van der Waals surface area contributed by atoms with E-state index in [-0.39, 0.29) is 18.3 Å². The van der Waals surface area contributed by atoms with Gasteiger partial charge in [-0.3, -0.25) is 4.90 Å². The summed E-state index contributed by atoms with van der Waals surface area (Å²) in [6, 6.07) is 8.73. The van der Waals surface area contributed by atoms with Crippen molar-refractivity contribution in [1.29, 1.82) is 0 Å². The van der Waals surface area contributed by atoms with Gasteiger partial charge in [0.25, 0.3) is 0 Å². The van der Waals surface area contributed by atoms with Crippen molar-refractivity contribution in [2.24, 2.45) is 0 Å². The van der Waals surface area contributed by atoms with Crippen molar-refractivity contribution in [3.63, 3.8) is 0 Å². The molecule has 27 heavy (non-hydrogen) atoms. The highest BCUT2D eigenvalue weighted by Crippen LogP contribution is 2.27. The fourth-order valence-electron chi connectivity index (χ4n) is 2.98. The molecule has 2 atom stereocenters. The predicted molar refractivity (Wildman–Crippen MR) is 102 cm³/mol. The lowest BCUT2D eigenvalue weighted by Crippen LogP contribution is -2.43. The standard InChI is InChI=1S/C21H31NO5/c1-20(2,3)26-16-12-17(18(23)27-21(4,5)6)22(13-16)19(24)25-14-15-10-8-7-9-11-15/h7-11,16-17H,12-14H2,1-6H3/t16-,17+/m1/s1. The van der Waals surface area contributed by atoms with E-state index >= 15 is 0 Å². The average Bonchev–Trinajstić information content (AvgIpc) is 2.94. The van der Waals surface area contributed by atoms with Crippen molar-refractivity contribution in [2.45, 2.75) is 77.9 Å². The number of rotatable bonds is 4. The van der Waals surface area contributed by atoms with Gasteiger partial charge < -0.3 is 14.2 Å². The lowest BCUT2D eigenvalue weighted by atomic mass is 10.1. The van der Waals surface area contributed by atoms with Gasteiger partial charge in [0.2, 0.25) is 0 Å². The second-order valence-electron chi connectivity index (χ2n) is 8.83. The van der Waals surface area contributed by atoms with E-state index in [4.69, 9.17) is 14.2 Å². The van der Waals surface area contributed by atoms with Crippen LogP contribution in [0.3, 0.4) is 0 Å². The monoisotopic (exact) mass is 377 g/mol. The van der Waals surface area contributed by atoms with Crippen LogP contribution in [-0.2, 0) is 25.6 Å². The van der Waals surface area contributed by atoms with Crippen LogP contribution in [0.1, 0.15) is 53.5 Å². The van der Waals surface area contributed by atoms with Crippen LogP contribution in [0, 0.1) is 0 Å². The Bertz CT molecular complexity index is 645. The van der Waals surface area contributed by atoms with Crippen LogP contribution in [0.25, 0.3) is 0 Å². The highest BCUT2D eigenvalue weighted by Gasteiger charge is 2.44. The van der Waals surface area contributed by atoms with Crippen molar-refractivity contribution in [2.75, 3.05) is 6.54 Å². The first-order valence-corrected chi connectivity index (χ1v) is 9.32. The molecular formula is C21H31NO5. The number of amides is 1. The molecule has 2 rings (SSSR count). The van der Waals surface area contributed by atoms with Gasteiger partial charge in [-0.25, -0.2) is 9.59 Å². The number of hydrogen-bond acceptors (Lipinski definition) is 5. The van der Waals surface area contributed by atoms with Crippen LogP contribution in [0.4, 0.5) is 4.79 Å². The smallest absolute Gasteiger partial charge is 0.410 e. The Morgan fingerprint density at radius 1 is 1.04 bits per heavy atom. The molecule has 0 radical (unpaired) electrons. The number of benzene rings is 1. The SMILES string of the molecule is CC(C)(C)OC(=O)[C@@H]1C[C@@H](OC(C)(C)C)CN1C(=O)OCc1ccccc1. The third kappa shape index (κ3) is 6.86. The third-order valence-electron chi connectivity index (χ3n) is 3.90. The van der Waals surface area contributed by atoms with Gasteiger partial charge in [-0.15, -0.1) is 0 Å². The van der Waals surface area contributed by atoms with Gasteiger partial charge in [-0.05, 0) is 47.1 Å². The van der Waals surface area contributed by atoms with Crippen LogP contribution in [0.5, 0.6) is 0 Å². The van der Waals surface area contributed by atoms with E-state index in [0.29, 0.717) is 13.0 Å². The maximum atomic E-state index is 12.7. The van der Waals surface area contributed by atoms with Crippen molar-refractivity contribution in [3.8, 4) is 0 Å². The number of carbonyl (C=O) groups excluding carboxylic acids is 2. The molecule has 1 aromatic carbocycles. The molecule has 0 spiro atoms. The largest absolute Gasteiger partial charge is 0.458 e. The van der Waals surface area contributed by atoms with Crippen molar-refractivity contribution >= 4 is 12.1 Å². The lowest BCUT2D eigenvalue weighted by Gasteiger charge is -2.26. The number of nitrogens with zero attached hydrogens (tertiary/aromatic N) is 1. The summed E-state index contributed by atoms with van der Waals surface area (Å²) in [5.74, 6) is -0.431. The van der Waals surface area contributed by atoms with Gasteiger partial charge in [-0.2, -0.15) is 0 Å². The van der Waals surface area contributed by atoms with Crippen molar-refractivity contribution < 1.29 is 23.8 Å². The quantitative estimate of drug-likeness (QED) is 0.744. The molecule has 1 fully saturated rings. The molecule has 0 aliphatic carbocycles. The van der Waals surface area contributed by atoms with Crippen LogP contribution in [0.15, 0.2) is 30.3 Å².